The molecular weight excluding hydrogens is 315 g/mol. The highest BCUT2D eigenvalue weighted by atomic mass is 19.4. The number of hydrogen-bond acceptors (Lipinski definition) is 4. The molecule has 1 saturated carbocycles. The third kappa shape index (κ3) is 2.53. The number of fused-ring (bicyclic) bond motifs is 1. The summed E-state index contributed by atoms with van der Waals surface area (Å²) in [7, 11) is 0. The van der Waals surface area contributed by atoms with Gasteiger partial charge < -0.3 is 10.0 Å². The first kappa shape index (κ1) is 15.7. The Kier molecular flexibility index (Phi) is 3.53. The van der Waals surface area contributed by atoms with E-state index in [1.165, 1.54) is 4.90 Å². The van der Waals surface area contributed by atoms with Gasteiger partial charge >= 0.3 is 12.1 Å². The summed E-state index contributed by atoms with van der Waals surface area (Å²) in [6.07, 6.45) is -0.943. The predicted molar refractivity (Wildman–Crippen MR) is 70.3 cm³/mol. The van der Waals surface area contributed by atoms with Crippen molar-refractivity contribution in [3.05, 3.63) is 23.8 Å². The van der Waals surface area contributed by atoms with Gasteiger partial charge in [-0.1, -0.05) is 6.42 Å². The van der Waals surface area contributed by atoms with Gasteiger partial charge in [-0.25, -0.2) is 9.97 Å². The smallest absolute Gasteiger partial charge is 0.451 e. The van der Waals surface area contributed by atoms with Crippen LogP contribution in [0, 0.1) is 11.3 Å². The number of hydrogen-bond donors (Lipinski definition) is 1. The quantitative estimate of drug-likeness (QED) is 0.895. The zero-order valence-corrected chi connectivity index (χ0v) is 12.0. The van der Waals surface area contributed by atoms with Crippen LogP contribution < -0.4 is 0 Å². The van der Waals surface area contributed by atoms with Crippen molar-refractivity contribution in [2.24, 2.45) is 11.3 Å². The summed E-state index contributed by atoms with van der Waals surface area (Å²) in [6, 6.07) is 0. The molecule has 2 aliphatic rings. The summed E-state index contributed by atoms with van der Waals surface area (Å²) in [6.45, 7) is 0.374. The number of aromatic nitrogens is 2. The van der Waals surface area contributed by atoms with Gasteiger partial charge in [0.1, 0.15) is 0 Å². The Morgan fingerprint density at radius 1 is 1.30 bits per heavy atom. The van der Waals surface area contributed by atoms with E-state index in [0.717, 1.165) is 25.2 Å². The molecule has 0 spiro atoms. The second-order valence-corrected chi connectivity index (χ2v) is 6.03. The first-order valence-corrected chi connectivity index (χ1v) is 7.16. The van der Waals surface area contributed by atoms with E-state index in [1.807, 2.05) is 0 Å². The number of nitrogens with zero attached hydrogens (tertiary/aromatic N) is 3. The van der Waals surface area contributed by atoms with Crippen LogP contribution in [0.4, 0.5) is 13.2 Å². The van der Waals surface area contributed by atoms with E-state index in [4.69, 9.17) is 0 Å². The van der Waals surface area contributed by atoms with Gasteiger partial charge in [0, 0.05) is 25.5 Å². The van der Waals surface area contributed by atoms with Gasteiger partial charge in [-0.2, -0.15) is 13.2 Å². The highest BCUT2D eigenvalue weighted by Gasteiger charge is 2.55. The van der Waals surface area contributed by atoms with Gasteiger partial charge in [-0.05, 0) is 18.8 Å². The Hall–Kier alpha value is -2.19. The van der Waals surface area contributed by atoms with Crippen molar-refractivity contribution in [2.45, 2.75) is 25.4 Å². The topological polar surface area (TPSA) is 83.4 Å². The molecule has 3 rings (SSSR count). The van der Waals surface area contributed by atoms with Gasteiger partial charge in [0.25, 0.3) is 5.91 Å². The molecule has 0 unspecified atom stereocenters. The number of aliphatic carboxylic acids is 1. The lowest BCUT2D eigenvalue weighted by atomic mass is 9.81. The summed E-state index contributed by atoms with van der Waals surface area (Å²) >= 11 is 0. The molecule has 0 bridgehead atoms. The Morgan fingerprint density at radius 2 is 1.96 bits per heavy atom. The Bertz CT molecular complexity index is 647. The van der Waals surface area contributed by atoms with Crippen molar-refractivity contribution >= 4 is 11.9 Å². The highest BCUT2D eigenvalue weighted by molar-refractivity contribution is 5.94. The molecule has 2 atom stereocenters. The van der Waals surface area contributed by atoms with Crippen LogP contribution in [0.1, 0.15) is 35.4 Å². The van der Waals surface area contributed by atoms with E-state index in [2.05, 4.69) is 9.97 Å². The fraction of sp³-hybridized carbons (Fsp3) is 0.571. The van der Waals surface area contributed by atoms with Crippen LogP contribution in [-0.2, 0) is 11.0 Å². The zero-order valence-electron chi connectivity index (χ0n) is 12.0. The molecule has 0 radical (unpaired) electrons. The highest BCUT2D eigenvalue weighted by Crippen LogP contribution is 2.49. The molecule has 2 heterocycles. The van der Waals surface area contributed by atoms with E-state index in [-0.39, 0.29) is 18.0 Å². The average Bonchev–Trinajstić information content (AvgIpc) is 3.03. The van der Waals surface area contributed by atoms with Gasteiger partial charge in [-0.15, -0.1) is 0 Å². The van der Waals surface area contributed by atoms with Crippen molar-refractivity contribution in [3.63, 3.8) is 0 Å². The number of halogens is 3. The lowest BCUT2D eigenvalue weighted by Crippen LogP contribution is -2.37. The van der Waals surface area contributed by atoms with E-state index in [0.29, 0.717) is 13.0 Å². The van der Waals surface area contributed by atoms with E-state index in [1.54, 1.807) is 0 Å². The maximum atomic E-state index is 12.4. The molecule has 2 fully saturated rings. The molecule has 1 N–H and O–H groups in total. The molecule has 23 heavy (non-hydrogen) atoms. The fourth-order valence-electron chi connectivity index (χ4n) is 3.56. The summed E-state index contributed by atoms with van der Waals surface area (Å²) in [5.41, 5.74) is -0.999. The number of carbonyl (C=O) groups is 2. The van der Waals surface area contributed by atoms with Crippen LogP contribution in [0.5, 0.6) is 0 Å². The maximum Gasteiger partial charge on any atom is 0.451 e. The van der Waals surface area contributed by atoms with Crippen LogP contribution in [0.15, 0.2) is 12.4 Å². The number of alkyl halides is 3. The molecule has 124 valence electrons. The number of amides is 1. The van der Waals surface area contributed by atoms with Gasteiger partial charge in [-0.3, -0.25) is 9.59 Å². The molecule has 0 aromatic carbocycles. The predicted octanol–water partition coefficient (Wildman–Crippen LogP) is 1.82. The summed E-state index contributed by atoms with van der Waals surface area (Å²) < 4.78 is 37.3. The average molecular weight is 329 g/mol. The molecule has 1 aliphatic carbocycles. The van der Waals surface area contributed by atoms with Gasteiger partial charge in [0.05, 0.1) is 11.0 Å². The lowest BCUT2D eigenvalue weighted by Gasteiger charge is -2.23. The molecule has 1 aromatic heterocycles. The van der Waals surface area contributed by atoms with E-state index >= 15 is 0 Å². The number of likely N-dealkylation sites (tertiary alicyclic amines) is 1. The molecule has 1 amide bonds. The first-order valence-electron chi connectivity index (χ1n) is 7.16. The molecule has 1 aliphatic heterocycles. The Morgan fingerprint density at radius 3 is 2.48 bits per heavy atom. The zero-order chi connectivity index (χ0) is 16.8. The summed E-state index contributed by atoms with van der Waals surface area (Å²) in [4.78, 5) is 31.7. The van der Waals surface area contributed by atoms with Crippen molar-refractivity contribution in [1.29, 1.82) is 0 Å². The third-order valence-corrected chi connectivity index (χ3v) is 4.74. The van der Waals surface area contributed by atoms with E-state index < -0.39 is 29.3 Å². The molecular formula is C14H14F3N3O3. The van der Waals surface area contributed by atoms with E-state index in [9.17, 15) is 27.9 Å². The van der Waals surface area contributed by atoms with Gasteiger partial charge in [0.2, 0.25) is 5.82 Å². The monoisotopic (exact) mass is 329 g/mol. The number of carboxylic acid groups (broad SMARTS) is 1. The van der Waals surface area contributed by atoms with Crippen molar-refractivity contribution in [3.8, 4) is 0 Å². The summed E-state index contributed by atoms with van der Waals surface area (Å²) in [5, 5.41) is 9.48. The largest absolute Gasteiger partial charge is 0.481 e. The molecule has 1 aromatic rings. The van der Waals surface area contributed by atoms with Crippen LogP contribution in [0.3, 0.4) is 0 Å². The van der Waals surface area contributed by atoms with Crippen LogP contribution >= 0.6 is 0 Å². The summed E-state index contributed by atoms with van der Waals surface area (Å²) in [5.74, 6) is -2.87. The number of carbonyl (C=O) groups excluding carboxylic acids is 1. The maximum absolute atomic E-state index is 12.4. The SMILES string of the molecule is O=C(c1cnc(C(F)(F)F)nc1)N1C[C@@H]2CCC[C@@]2(C(=O)O)C1. The second kappa shape index (κ2) is 5.17. The lowest BCUT2D eigenvalue weighted by molar-refractivity contribution is -0.149. The molecule has 1 saturated heterocycles. The Balaban J connectivity index is 1.78. The molecule has 9 heteroatoms. The molecule has 6 nitrogen and oxygen atoms in total. The fourth-order valence-corrected chi connectivity index (χ4v) is 3.56. The first-order chi connectivity index (χ1) is 10.7. The van der Waals surface area contributed by atoms with Crippen LogP contribution in [-0.4, -0.2) is 44.9 Å². The second-order valence-electron chi connectivity index (χ2n) is 6.03. The standard InChI is InChI=1S/C14H14F3N3O3/c15-14(16,17)11-18-4-8(5-19-11)10(21)20-6-9-2-1-3-13(9,7-20)12(22)23/h4-5,9H,1-3,6-7H2,(H,22,23)/t9-,13+/m0/s1. The number of rotatable bonds is 2. The minimum atomic E-state index is -4.67. The van der Waals surface area contributed by atoms with Crippen LogP contribution in [0.25, 0.3) is 0 Å². The normalized spacial score (nSPS) is 27.1. The Labute approximate surface area is 129 Å². The van der Waals surface area contributed by atoms with Crippen LogP contribution in [0.2, 0.25) is 0 Å². The van der Waals surface area contributed by atoms with Crippen molar-refractivity contribution in [2.75, 3.05) is 13.1 Å². The van der Waals surface area contributed by atoms with Crippen molar-refractivity contribution in [1.82, 2.24) is 14.9 Å². The number of carboxylic acids is 1. The van der Waals surface area contributed by atoms with Gasteiger partial charge in [0.15, 0.2) is 0 Å². The minimum Gasteiger partial charge on any atom is -0.481 e. The third-order valence-electron chi connectivity index (χ3n) is 4.74. The minimum absolute atomic E-state index is 0.0708. The van der Waals surface area contributed by atoms with Crippen molar-refractivity contribution < 1.29 is 27.9 Å².